The molecule has 0 aliphatic carbocycles. The molecule has 2 N–H and O–H groups in total. The molecule has 1 heterocycles. The van der Waals surface area contributed by atoms with Gasteiger partial charge in [0.15, 0.2) is 0 Å². The van der Waals surface area contributed by atoms with E-state index in [1.165, 1.54) is 12.1 Å². The standard InChI is InChI=1S/C19H14F4N2O/c20-15-8-4-7-14(19(21,22)23)17(15)13-9-10-16(25-18(13)24)26-11-12-5-2-1-3-6-12/h1-10H,11H2,(H2,24,25). The van der Waals surface area contributed by atoms with Gasteiger partial charge in [0.1, 0.15) is 18.2 Å². The number of nitrogens with two attached hydrogens (primary N) is 1. The molecule has 2 aromatic carbocycles. The lowest BCUT2D eigenvalue weighted by atomic mass is 9.99. The predicted octanol–water partition coefficient (Wildman–Crippen LogP) is 5.07. The number of anilines is 1. The summed E-state index contributed by atoms with van der Waals surface area (Å²) in [5, 5.41) is 0. The fourth-order valence-electron chi connectivity index (χ4n) is 2.51. The fourth-order valence-corrected chi connectivity index (χ4v) is 2.51. The molecule has 0 aliphatic heterocycles. The van der Waals surface area contributed by atoms with Crippen molar-refractivity contribution >= 4 is 5.82 Å². The summed E-state index contributed by atoms with van der Waals surface area (Å²) >= 11 is 0. The zero-order valence-corrected chi connectivity index (χ0v) is 13.4. The van der Waals surface area contributed by atoms with Crippen LogP contribution in [-0.2, 0) is 12.8 Å². The highest BCUT2D eigenvalue weighted by Crippen LogP contribution is 2.40. The molecule has 0 spiro atoms. The van der Waals surface area contributed by atoms with E-state index in [1.807, 2.05) is 30.3 Å². The monoisotopic (exact) mass is 362 g/mol. The summed E-state index contributed by atoms with van der Waals surface area (Å²) < 4.78 is 59.1. The van der Waals surface area contributed by atoms with Crippen molar-refractivity contribution in [3.05, 3.63) is 77.6 Å². The van der Waals surface area contributed by atoms with Gasteiger partial charge >= 0.3 is 6.18 Å². The van der Waals surface area contributed by atoms with Crippen LogP contribution in [0.5, 0.6) is 5.88 Å². The number of hydrogen-bond acceptors (Lipinski definition) is 3. The number of rotatable bonds is 4. The minimum absolute atomic E-state index is 0.137. The maximum Gasteiger partial charge on any atom is 0.417 e. The van der Waals surface area contributed by atoms with Crippen LogP contribution < -0.4 is 10.5 Å². The van der Waals surface area contributed by atoms with Gasteiger partial charge in [0.25, 0.3) is 0 Å². The normalized spacial score (nSPS) is 11.4. The number of aromatic nitrogens is 1. The molecule has 3 aromatic rings. The maximum absolute atomic E-state index is 14.1. The summed E-state index contributed by atoms with van der Waals surface area (Å²) in [6.07, 6.45) is -4.72. The Balaban J connectivity index is 1.92. The van der Waals surface area contributed by atoms with Crippen molar-refractivity contribution in [2.24, 2.45) is 0 Å². The Hall–Kier alpha value is -3.09. The summed E-state index contributed by atoms with van der Waals surface area (Å²) in [5.74, 6) is -1.13. The van der Waals surface area contributed by atoms with Crippen LogP contribution in [0.4, 0.5) is 23.4 Å². The van der Waals surface area contributed by atoms with Crippen LogP contribution in [0.3, 0.4) is 0 Å². The van der Waals surface area contributed by atoms with E-state index in [2.05, 4.69) is 4.98 Å². The Kier molecular flexibility index (Phi) is 4.79. The molecule has 0 amide bonds. The highest BCUT2D eigenvalue weighted by atomic mass is 19.4. The molecule has 3 nitrogen and oxygen atoms in total. The Labute approximate surface area is 147 Å². The third-order valence-corrected chi connectivity index (χ3v) is 3.72. The molecular formula is C19H14F4N2O. The summed E-state index contributed by atoms with van der Waals surface area (Å²) in [6.45, 7) is 0.222. The Bertz CT molecular complexity index is 911. The average Bonchev–Trinajstić information content (AvgIpc) is 2.60. The SMILES string of the molecule is Nc1nc(OCc2ccccc2)ccc1-c1c(F)cccc1C(F)(F)F. The minimum Gasteiger partial charge on any atom is -0.473 e. The second kappa shape index (κ2) is 7.03. The van der Waals surface area contributed by atoms with Crippen LogP contribution in [0.1, 0.15) is 11.1 Å². The van der Waals surface area contributed by atoms with Crippen LogP contribution >= 0.6 is 0 Å². The van der Waals surface area contributed by atoms with Crippen LogP contribution in [0.15, 0.2) is 60.7 Å². The quantitative estimate of drug-likeness (QED) is 0.660. The van der Waals surface area contributed by atoms with Gasteiger partial charge in [0, 0.05) is 17.2 Å². The first kappa shape index (κ1) is 17.7. The second-order valence-corrected chi connectivity index (χ2v) is 5.52. The number of pyridine rings is 1. The van der Waals surface area contributed by atoms with Crippen molar-refractivity contribution in [1.82, 2.24) is 4.98 Å². The van der Waals surface area contributed by atoms with Crippen LogP contribution in [0.25, 0.3) is 11.1 Å². The van der Waals surface area contributed by atoms with E-state index in [4.69, 9.17) is 10.5 Å². The largest absolute Gasteiger partial charge is 0.473 e. The van der Waals surface area contributed by atoms with E-state index in [1.54, 1.807) is 0 Å². The number of benzene rings is 2. The topological polar surface area (TPSA) is 48.1 Å². The smallest absolute Gasteiger partial charge is 0.417 e. The van der Waals surface area contributed by atoms with Crippen molar-refractivity contribution in [1.29, 1.82) is 0 Å². The van der Waals surface area contributed by atoms with Crippen molar-refractivity contribution in [3.8, 4) is 17.0 Å². The Morgan fingerprint density at radius 2 is 1.65 bits per heavy atom. The van der Waals surface area contributed by atoms with E-state index in [0.717, 1.165) is 23.8 Å². The van der Waals surface area contributed by atoms with Gasteiger partial charge in [-0.2, -0.15) is 18.2 Å². The van der Waals surface area contributed by atoms with Crippen molar-refractivity contribution in [3.63, 3.8) is 0 Å². The summed E-state index contributed by atoms with van der Waals surface area (Å²) in [5.41, 5.74) is 4.80. The first-order chi connectivity index (χ1) is 12.4. The van der Waals surface area contributed by atoms with E-state index in [0.29, 0.717) is 0 Å². The molecule has 0 fully saturated rings. The molecule has 7 heteroatoms. The average molecular weight is 362 g/mol. The maximum atomic E-state index is 14.1. The Morgan fingerprint density at radius 1 is 0.923 bits per heavy atom. The van der Waals surface area contributed by atoms with Crippen LogP contribution in [0, 0.1) is 5.82 Å². The first-order valence-electron chi connectivity index (χ1n) is 7.65. The van der Waals surface area contributed by atoms with Gasteiger partial charge in [-0.15, -0.1) is 0 Å². The minimum atomic E-state index is -4.72. The molecule has 0 aliphatic rings. The van der Waals surface area contributed by atoms with Gasteiger partial charge in [0.2, 0.25) is 5.88 Å². The van der Waals surface area contributed by atoms with Gasteiger partial charge in [0.05, 0.1) is 5.56 Å². The highest BCUT2D eigenvalue weighted by Gasteiger charge is 2.35. The van der Waals surface area contributed by atoms with Crippen LogP contribution in [-0.4, -0.2) is 4.98 Å². The molecule has 0 bridgehead atoms. The van der Waals surface area contributed by atoms with Crippen molar-refractivity contribution in [2.75, 3.05) is 5.73 Å². The molecule has 0 unspecified atom stereocenters. The van der Waals surface area contributed by atoms with E-state index < -0.39 is 23.1 Å². The van der Waals surface area contributed by atoms with E-state index in [-0.39, 0.29) is 23.9 Å². The fraction of sp³-hybridized carbons (Fsp3) is 0.105. The van der Waals surface area contributed by atoms with E-state index in [9.17, 15) is 17.6 Å². The van der Waals surface area contributed by atoms with E-state index >= 15 is 0 Å². The number of nitrogen functional groups attached to an aromatic ring is 1. The van der Waals surface area contributed by atoms with Crippen LogP contribution in [0.2, 0.25) is 0 Å². The molecule has 0 radical (unpaired) electrons. The predicted molar refractivity (Wildman–Crippen MR) is 89.8 cm³/mol. The van der Waals surface area contributed by atoms with Gasteiger partial charge < -0.3 is 10.5 Å². The zero-order valence-electron chi connectivity index (χ0n) is 13.4. The van der Waals surface area contributed by atoms with Gasteiger partial charge in [-0.25, -0.2) is 4.39 Å². The number of hydrogen-bond donors (Lipinski definition) is 1. The molecule has 0 saturated heterocycles. The number of nitrogens with zero attached hydrogens (tertiary/aromatic N) is 1. The Morgan fingerprint density at radius 3 is 2.31 bits per heavy atom. The molecule has 1 aromatic heterocycles. The highest BCUT2D eigenvalue weighted by molar-refractivity contribution is 5.77. The number of halogens is 4. The van der Waals surface area contributed by atoms with Gasteiger partial charge in [-0.3, -0.25) is 0 Å². The molecular weight excluding hydrogens is 348 g/mol. The van der Waals surface area contributed by atoms with Crippen molar-refractivity contribution in [2.45, 2.75) is 12.8 Å². The van der Waals surface area contributed by atoms with Crippen molar-refractivity contribution < 1.29 is 22.3 Å². The molecule has 0 atom stereocenters. The molecule has 26 heavy (non-hydrogen) atoms. The summed E-state index contributed by atoms with van der Waals surface area (Å²) in [6, 6.07) is 14.7. The molecule has 0 saturated carbocycles. The number of alkyl halides is 3. The third-order valence-electron chi connectivity index (χ3n) is 3.72. The third kappa shape index (κ3) is 3.77. The summed E-state index contributed by atoms with van der Waals surface area (Å²) in [7, 11) is 0. The zero-order chi connectivity index (χ0) is 18.7. The second-order valence-electron chi connectivity index (χ2n) is 5.52. The lowest BCUT2D eigenvalue weighted by molar-refractivity contribution is -0.137. The lowest BCUT2D eigenvalue weighted by Gasteiger charge is -2.15. The van der Waals surface area contributed by atoms with Gasteiger partial charge in [-0.05, 0) is 23.8 Å². The first-order valence-corrected chi connectivity index (χ1v) is 7.65. The van der Waals surface area contributed by atoms with Gasteiger partial charge in [-0.1, -0.05) is 36.4 Å². The molecule has 134 valence electrons. The summed E-state index contributed by atoms with van der Waals surface area (Å²) in [4.78, 5) is 3.95. The lowest BCUT2D eigenvalue weighted by Crippen LogP contribution is -2.10. The number of ether oxygens (including phenoxy) is 1. The molecule has 3 rings (SSSR count).